The van der Waals surface area contributed by atoms with Gasteiger partial charge in [-0.3, -0.25) is 4.68 Å². The molecule has 0 aliphatic rings. The van der Waals surface area contributed by atoms with E-state index in [0.717, 1.165) is 33.7 Å². The number of methoxy groups -OCH3 is 1. The summed E-state index contributed by atoms with van der Waals surface area (Å²) >= 11 is 1.64. The minimum Gasteiger partial charge on any atom is -0.496 e. The van der Waals surface area contributed by atoms with E-state index in [1.54, 1.807) is 18.4 Å². The first-order chi connectivity index (χ1) is 11.5. The smallest absolute Gasteiger partial charge is 0.183 e. The summed E-state index contributed by atoms with van der Waals surface area (Å²) < 4.78 is 7.18. The Morgan fingerprint density at radius 3 is 2.62 bits per heavy atom. The molecular formula is C18H22N4OS. The van der Waals surface area contributed by atoms with Gasteiger partial charge < -0.3 is 10.1 Å². The van der Waals surface area contributed by atoms with Crippen LogP contribution in [0.2, 0.25) is 0 Å². The molecule has 126 valence electrons. The number of benzene rings is 1. The number of ether oxygens (including phenoxy) is 1. The van der Waals surface area contributed by atoms with Crippen molar-refractivity contribution in [2.24, 2.45) is 7.05 Å². The normalized spacial score (nSPS) is 10.9. The summed E-state index contributed by atoms with van der Waals surface area (Å²) in [7, 11) is 3.63. The molecule has 2 aromatic heterocycles. The maximum Gasteiger partial charge on any atom is 0.183 e. The van der Waals surface area contributed by atoms with Crippen LogP contribution in [-0.4, -0.2) is 21.9 Å². The van der Waals surface area contributed by atoms with Crippen LogP contribution in [0.3, 0.4) is 0 Å². The molecule has 0 spiro atoms. The third-order valence-corrected chi connectivity index (χ3v) is 5.38. The van der Waals surface area contributed by atoms with Gasteiger partial charge in [0.15, 0.2) is 5.13 Å². The van der Waals surface area contributed by atoms with Crippen molar-refractivity contribution in [3.8, 4) is 16.3 Å². The van der Waals surface area contributed by atoms with Crippen molar-refractivity contribution in [2.45, 2.75) is 27.3 Å². The molecule has 24 heavy (non-hydrogen) atoms. The quantitative estimate of drug-likeness (QED) is 0.759. The molecule has 5 nitrogen and oxygen atoms in total. The Hall–Kier alpha value is -2.34. The van der Waals surface area contributed by atoms with E-state index in [1.165, 1.54) is 16.7 Å². The van der Waals surface area contributed by atoms with Crippen molar-refractivity contribution in [2.75, 3.05) is 12.4 Å². The molecule has 0 saturated carbocycles. The highest BCUT2D eigenvalue weighted by Crippen LogP contribution is 2.32. The molecular weight excluding hydrogens is 320 g/mol. The number of hydrogen-bond acceptors (Lipinski definition) is 5. The van der Waals surface area contributed by atoms with Gasteiger partial charge in [-0.25, -0.2) is 4.98 Å². The zero-order chi connectivity index (χ0) is 17.3. The summed E-state index contributed by atoms with van der Waals surface area (Å²) in [4.78, 5) is 5.74. The third kappa shape index (κ3) is 3.14. The second kappa shape index (κ2) is 6.65. The van der Waals surface area contributed by atoms with Gasteiger partial charge in [-0.15, -0.1) is 0 Å². The van der Waals surface area contributed by atoms with E-state index in [0.29, 0.717) is 0 Å². The average Bonchev–Trinajstić information content (AvgIpc) is 3.14. The summed E-state index contributed by atoms with van der Waals surface area (Å²) in [6, 6.07) is 6.14. The van der Waals surface area contributed by atoms with E-state index >= 15 is 0 Å². The van der Waals surface area contributed by atoms with Crippen LogP contribution in [-0.2, 0) is 13.6 Å². The molecule has 0 bridgehead atoms. The minimum atomic E-state index is 0.741. The van der Waals surface area contributed by atoms with Crippen LogP contribution in [0.1, 0.15) is 22.4 Å². The molecule has 0 aliphatic heterocycles. The first-order valence-corrected chi connectivity index (χ1v) is 8.65. The predicted molar refractivity (Wildman–Crippen MR) is 98.8 cm³/mol. The van der Waals surface area contributed by atoms with Crippen molar-refractivity contribution in [3.05, 3.63) is 46.8 Å². The van der Waals surface area contributed by atoms with Crippen LogP contribution in [0.15, 0.2) is 24.4 Å². The Morgan fingerprint density at radius 2 is 1.96 bits per heavy atom. The lowest BCUT2D eigenvalue weighted by atomic mass is 10.0. The Kier molecular flexibility index (Phi) is 4.57. The summed E-state index contributed by atoms with van der Waals surface area (Å²) in [5.41, 5.74) is 5.66. The number of nitrogens with one attached hydrogen (secondary N) is 1. The van der Waals surface area contributed by atoms with E-state index in [1.807, 2.05) is 37.0 Å². The van der Waals surface area contributed by atoms with E-state index in [-0.39, 0.29) is 0 Å². The molecule has 1 N–H and O–H groups in total. The molecule has 0 aliphatic carbocycles. The van der Waals surface area contributed by atoms with Crippen LogP contribution >= 0.6 is 11.3 Å². The monoisotopic (exact) mass is 342 g/mol. The molecule has 0 radical (unpaired) electrons. The second-order valence-electron chi connectivity index (χ2n) is 5.84. The van der Waals surface area contributed by atoms with Gasteiger partial charge in [0.2, 0.25) is 0 Å². The molecule has 0 unspecified atom stereocenters. The molecule has 0 atom stereocenters. The van der Waals surface area contributed by atoms with E-state index in [2.05, 4.69) is 35.3 Å². The van der Waals surface area contributed by atoms with Gasteiger partial charge in [0.25, 0.3) is 0 Å². The number of aryl methyl sites for hydroxylation is 2. The Balaban J connectivity index is 1.77. The van der Waals surface area contributed by atoms with Crippen molar-refractivity contribution in [1.82, 2.24) is 14.8 Å². The van der Waals surface area contributed by atoms with E-state index in [9.17, 15) is 0 Å². The van der Waals surface area contributed by atoms with Gasteiger partial charge in [0.05, 0.1) is 17.7 Å². The summed E-state index contributed by atoms with van der Waals surface area (Å²) in [6.07, 6.45) is 1.95. The first kappa shape index (κ1) is 16.5. The molecule has 3 rings (SSSR count). The lowest BCUT2D eigenvalue weighted by Crippen LogP contribution is -2.03. The molecule has 2 heterocycles. The van der Waals surface area contributed by atoms with Gasteiger partial charge in [0, 0.05) is 19.8 Å². The van der Waals surface area contributed by atoms with Gasteiger partial charge in [-0.2, -0.15) is 5.10 Å². The summed E-state index contributed by atoms with van der Waals surface area (Å²) in [5, 5.41) is 8.82. The number of nitrogens with zero attached hydrogens (tertiary/aromatic N) is 3. The number of rotatable bonds is 5. The topological polar surface area (TPSA) is 52.0 Å². The predicted octanol–water partition coefficient (Wildman–Crippen LogP) is 4.09. The third-order valence-electron chi connectivity index (χ3n) is 4.24. The molecule has 0 fully saturated rings. The minimum absolute atomic E-state index is 0.741. The van der Waals surface area contributed by atoms with Crippen molar-refractivity contribution in [1.29, 1.82) is 0 Å². The standard InChI is InChI=1S/C18H22N4OS/c1-11-12(2)16(23-5)7-6-14(11)10-19-18-20-13(3)17(24-18)15-8-9-22(4)21-15/h6-9H,10H2,1-5H3,(H,19,20). The van der Waals surface area contributed by atoms with Gasteiger partial charge in [-0.1, -0.05) is 17.4 Å². The second-order valence-corrected chi connectivity index (χ2v) is 6.84. The number of thiazole rings is 1. The van der Waals surface area contributed by atoms with E-state index in [4.69, 9.17) is 4.74 Å². The van der Waals surface area contributed by atoms with Crippen molar-refractivity contribution < 1.29 is 4.74 Å². The highest BCUT2D eigenvalue weighted by atomic mass is 32.1. The maximum atomic E-state index is 5.37. The lowest BCUT2D eigenvalue weighted by Gasteiger charge is -2.12. The number of anilines is 1. The molecule has 3 aromatic rings. The first-order valence-electron chi connectivity index (χ1n) is 7.84. The fourth-order valence-electron chi connectivity index (χ4n) is 2.68. The van der Waals surface area contributed by atoms with E-state index < -0.39 is 0 Å². The van der Waals surface area contributed by atoms with Crippen LogP contribution in [0.25, 0.3) is 10.6 Å². The van der Waals surface area contributed by atoms with Crippen LogP contribution in [0, 0.1) is 20.8 Å². The van der Waals surface area contributed by atoms with Gasteiger partial charge in [0.1, 0.15) is 11.4 Å². The Morgan fingerprint density at radius 1 is 1.17 bits per heavy atom. The fraction of sp³-hybridized carbons (Fsp3) is 0.333. The van der Waals surface area contributed by atoms with Crippen LogP contribution < -0.4 is 10.1 Å². The molecule has 0 saturated heterocycles. The van der Waals surface area contributed by atoms with Crippen molar-refractivity contribution in [3.63, 3.8) is 0 Å². The highest BCUT2D eigenvalue weighted by Gasteiger charge is 2.13. The fourth-order valence-corrected chi connectivity index (χ4v) is 3.61. The lowest BCUT2D eigenvalue weighted by molar-refractivity contribution is 0.411. The molecule has 0 amide bonds. The SMILES string of the molecule is COc1ccc(CNc2nc(C)c(-c3ccn(C)n3)s2)c(C)c1C. The largest absolute Gasteiger partial charge is 0.496 e. The Labute approximate surface area is 146 Å². The average molecular weight is 342 g/mol. The maximum absolute atomic E-state index is 5.37. The van der Waals surface area contributed by atoms with Crippen LogP contribution in [0.5, 0.6) is 5.75 Å². The summed E-state index contributed by atoms with van der Waals surface area (Å²) in [6.45, 7) is 6.98. The molecule has 1 aromatic carbocycles. The summed E-state index contributed by atoms with van der Waals surface area (Å²) in [5.74, 6) is 0.929. The van der Waals surface area contributed by atoms with Crippen molar-refractivity contribution >= 4 is 16.5 Å². The number of aromatic nitrogens is 3. The molecule has 6 heteroatoms. The zero-order valence-corrected chi connectivity index (χ0v) is 15.5. The zero-order valence-electron chi connectivity index (χ0n) is 14.7. The van der Waals surface area contributed by atoms with Crippen LogP contribution in [0.4, 0.5) is 5.13 Å². The number of hydrogen-bond donors (Lipinski definition) is 1. The Bertz CT molecular complexity index is 866. The van der Waals surface area contributed by atoms with Gasteiger partial charge in [-0.05, 0) is 49.6 Å². The van der Waals surface area contributed by atoms with Gasteiger partial charge >= 0.3 is 0 Å². The highest BCUT2D eigenvalue weighted by molar-refractivity contribution is 7.19.